The van der Waals surface area contributed by atoms with E-state index in [4.69, 9.17) is 0 Å². The number of hydrogen-bond acceptors (Lipinski definition) is 0. The molecule has 0 aliphatic heterocycles. The number of hydrogen-bond donors (Lipinski definition) is 0. The first kappa shape index (κ1) is 8.74. The summed E-state index contributed by atoms with van der Waals surface area (Å²) in [7, 11) is 0. The summed E-state index contributed by atoms with van der Waals surface area (Å²) in [5.74, 6) is 1.10. The Morgan fingerprint density at radius 3 is 2.85 bits per heavy atom. The molecule has 1 aromatic rings. The van der Waals surface area contributed by atoms with Gasteiger partial charge in [-0.05, 0) is 47.9 Å². The number of rotatable bonds is 1. The largest absolute Gasteiger partial charge is 0.207 e. The van der Waals surface area contributed by atoms with Gasteiger partial charge < -0.3 is 0 Å². The van der Waals surface area contributed by atoms with Gasteiger partial charge in [-0.1, -0.05) is 19.9 Å². The minimum absolute atomic E-state index is 0.0914. The second-order valence-corrected chi connectivity index (χ2v) is 4.02. The maximum Gasteiger partial charge on any atom is 0.123 e. The summed E-state index contributed by atoms with van der Waals surface area (Å²) >= 11 is 0. The molecule has 70 valence electrons. The molecule has 0 radical (unpaired) electrons. The van der Waals surface area contributed by atoms with Crippen molar-refractivity contribution in [3.05, 3.63) is 35.1 Å². The van der Waals surface area contributed by atoms with Crippen LogP contribution in [-0.4, -0.2) is 0 Å². The SMILES string of the molecule is CCC1CC(C)c2ccc(F)cc21. The molecular formula is C12H15F. The molecule has 0 spiro atoms. The first-order chi connectivity index (χ1) is 6.22. The van der Waals surface area contributed by atoms with Gasteiger partial charge >= 0.3 is 0 Å². The van der Waals surface area contributed by atoms with Gasteiger partial charge in [-0.15, -0.1) is 0 Å². The first-order valence-electron chi connectivity index (χ1n) is 5.01. The molecule has 0 bridgehead atoms. The molecule has 0 saturated carbocycles. The van der Waals surface area contributed by atoms with Gasteiger partial charge in [0.2, 0.25) is 0 Å². The molecule has 0 nitrogen and oxygen atoms in total. The predicted molar refractivity (Wildman–Crippen MR) is 52.5 cm³/mol. The third kappa shape index (κ3) is 1.37. The number of fused-ring (bicyclic) bond motifs is 1. The van der Waals surface area contributed by atoms with E-state index >= 15 is 0 Å². The van der Waals surface area contributed by atoms with E-state index in [2.05, 4.69) is 13.8 Å². The van der Waals surface area contributed by atoms with Crippen molar-refractivity contribution in [1.82, 2.24) is 0 Å². The molecule has 1 aliphatic carbocycles. The lowest BCUT2D eigenvalue weighted by atomic mass is 9.99. The van der Waals surface area contributed by atoms with Crippen LogP contribution < -0.4 is 0 Å². The fourth-order valence-corrected chi connectivity index (χ4v) is 2.42. The summed E-state index contributed by atoms with van der Waals surface area (Å²) in [4.78, 5) is 0. The number of benzene rings is 1. The lowest BCUT2D eigenvalue weighted by Crippen LogP contribution is -1.91. The molecule has 13 heavy (non-hydrogen) atoms. The fraction of sp³-hybridized carbons (Fsp3) is 0.500. The third-order valence-electron chi connectivity index (χ3n) is 3.15. The Morgan fingerprint density at radius 1 is 1.38 bits per heavy atom. The van der Waals surface area contributed by atoms with Crippen molar-refractivity contribution in [3.8, 4) is 0 Å². The van der Waals surface area contributed by atoms with E-state index in [1.807, 2.05) is 6.07 Å². The minimum Gasteiger partial charge on any atom is -0.207 e. The van der Waals surface area contributed by atoms with E-state index in [0.717, 1.165) is 6.42 Å². The average Bonchev–Trinajstić information content (AvgIpc) is 2.42. The topological polar surface area (TPSA) is 0 Å². The van der Waals surface area contributed by atoms with Crippen LogP contribution >= 0.6 is 0 Å². The van der Waals surface area contributed by atoms with Gasteiger partial charge in [0.05, 0.1) is 0 Å². The van der Waals surface area contributed by atoms with Crippen LogP contribution in [0.2, 0.25) is 0 Å². The van der Waals surface area contributed by atoms with E-state index in [0.29, 0.717) is 11.8 Å². The van der Waals surface area contributed by atoms with E-state index in [-0.39, 0.29) is 5.82 Å². The second-order valence-electron chi connectivity index (χ2n) is 4.02. The van der Waals surface area contributed by atoms with Gasteiger partial charge in [0.1, 0.15) is 5.82 Å². The summed E-state index contributed by atoms with van der Waals surface area (Å²) in [5.41, 5.74) is 2.60. The van der Waals surface area contributed by atoms with Crippen LogP contribution in [0.5, 0.6) is 0 Å². The molecule has 1 aromatic carbocycles. The van der Waals surface area contributed by atoms with Crippen molar-refractivity contribution >= 4 is 0 Å². The monoisotopic (exact) mass is 178 g/mol. The summed E-state index contributed by atoms with van der Waals surface area (Å²) in [6.45, 7) is 4.41. The highest BCUT2D eigenvalue weighted by molar-refractivity contribution is 5.38. The highest BCUT2D eigenvalue weighted by Gasteiger charge is 2.26. The van der Waals surface area contributed by atoms with Gasteiger partial charge in [0.15, 0.2) is 0 Å². The Kier molecular flexibility index (Phi) is 2.10. The average molecular weight is 178 g/mol. The third-order valence-corrected chi connectivity index (χ3v) is 3.15. The molecule has 0 amide bonds. The quantitative estimate of drug-likeness (QED) is 0.613. The maximum absolute atomic E-state index is 13.0. The Labute approximate surface area is 78.8 Å². The lowest BCUT2D eigenvalue weighted by Gasteiger charge is -2.07. The van der Waals surface area contributed by atoms with E-state index in [9.17, 15) is 4.39 Å². The standard InChI is InChI=1S/C12H15F/c1-3-9-6-8(2)11-5-4-10(13)7-12(9)11/h4-5,7-9H,3,6H2,1-2H3. The molecule has 2 atom stereocenters. The van der Waals surface area contributed by atoms with Crippen LogP contribution in [0, 0.1) is 5.82 Å². The van der Waals surface area contributed by atoms with Crippen molar-refractivity contribution in [2.24, 2.45) is 0 Å². The molecule has 0 N–H and O–H groups in total. The summed E-state index contributed by atoms with van der Waals surface area (Å²) in [6, 6.07) is 5.24. The van der Waals surface area contributed by atoms with Gasteiger partial charge in [-0.3, -0.25) is 0 Å². The fourth-order valence-electron chi connectivity index (χ4n) is 2.42. The van der Waals surface area contributed by atoms with Gasteiger partial charge in [0.25, 0.3) is 0 Å². The van der Waals surface area contributed by atoms with Crippen LogP contribution in [0.3, 0.4) is 0 Å². The van der Waals surface area contributed by atoms with Crippen molar-refractivity contribution in [2.45, 2.75) is 38.5 Å². The Balaban J connectivity index is 2.46. The minimum atomic E-state index is -0.0914. The zero-order valence-corrected chi connectivity index (χ0v) is 8.18. The molecule has 0 saturated heterocycles. The highest BCUT2D eigenvalue weighted by atomic mass is 19.1. The Morgan fingerprint density at radius 2 is 2.15 bits per heavy atom. The van der Waals surface area contributed by atoms with E-state index in [1.54, 1.807) is 12.1 Å². The molecule has 0 heterocycles. The van der Waals surface area contributed by atoms with Crippen molar-refractivity contribution in [3.63, 3.8) is 0 Å². The van der Waals surface area contributed by atoms with Crippen molar-refractivity contribution < 1.29 is 4.39 Å². The Hall–Kier alpha value is -0.850. The van der Waals surface area contributed by atoms with Crippen LogP contribution in [0.4, 0.5) is 4.39 Å². The smallest absolute Gasteiger partial charge is 0.123 e. The molecular weight excluding hydrogens is 163 g/mol. The van der Waals surface area contributed by atoms with Crippen LogP contribution in [0.15, 0.2) is 18.2 Å². The van der Waals surface area contributed by atoms with E-state index < -0.39 is 0 Å². The summed E-state index contributed by atoms with van der Waals surface area (Å²) < 4.78 is 13.0. The van der Waals surface area contributed by atoms with Crippen LogP contribution in [0.1, 0.15) is 49.7 Å². The van der Waals surface area contributed by atoms with E-state index in [1.165, 1.54) is 17.5 Å². The molecule has 2 rings (SSSR count). The molecule has 2 unspecified atom stereocenters. The molecule has 0 fully saturated rings. The maximum atomic E-state index is 13.0. The second kappa shape index (κ2) is 3.13. The predicted octanol–water partition coefficient (Wildman–Crippen LogP) is 3.83. The summed E-state index contributed by atoms with van der Waals surface area (Å²) in [5, 5.41) is 0. The normalized spacial score (nSPS) is 26.1. The van der Waals surface area contributed by atoms with Gasteiger partial charge in [-0.25, -0.2) is 4.39 Å². The van der Waals surface area contributed by atoms with Gasteiger partial charge in [0, 0.05) is 0 Å². The molecule has 1 heteroatoms. The van der Waals surface area contributed by atoms with Crippen LogP contribution in [0.25, 0.3) is 0 Å². The first-order valence-corrected chi connectivity index (χ1v) is 5.01. The highest BCUT2D eigenvalue weighted by Crippen LogP contribution is 2.43. The zero-order chi connectivity index (χ0) is 9.42. The zero-order valence-electron chi connectivity index (χ0n) is 8.18. The lowest BCUT2D eigenvalue weighted by molar-refractivity contribution is 0.597. The van der Waals surface area contributed by atoms with Crippen LogP contribution in [-0.2, 0) is 0 Å². The molecule has 1 aliphatic rings. The van der Waals surface area contributed by atoms with Crippen molar-refractivity contribution in [2.75, 3.05) is 0 Å². The van der Waals surface area contributed by atoms with Gasteiger partial charge in [-0.2, -0.15) is 0 Å². The molecule has 0 aromatic heterocycles. The Bertz CT molecular complexity index is 317. The number of halogens is 1. The summed E-state index contributed by atoms with van der Waals surface area (Å²) in [6.07, 6.45) is 2.32. The van der Waals surface area contributed by atoms with Crippen molar-refractivity contribution in [1.29, 1.82) is 0 Å².